The number of rotatable bonds is 3. The van der Waals surface area contributed by atoms with Crippen LogP contribution >= 0.6 is 11.6 Å². The molecule has 0 saturated heterocycles. The molecule has 0 fully saturated rings. The molecule has 0 bridgehead atoms. The summed E-state index contributed by atoms with van der Waals surface area (Å²) >= 11 is 5.97. The number of aryl methyl sites for hydroxylation is 1. The average molecular weight is 278 g/mol. The van der Waals surface area contributed by atoms with Gasteiger partial charge in [0.1, 0.15) is 5.76 Å². The van der Waals surface area contributed by atoms with Gasteiger partial charge in [0.15, 0.2) is 5.82 Å². The lowest BCUT2D eigenvalue weighted by Gasteiger charge is -2.00. The molecule has 98 valence electrons. The van der Waals surface area contributed by atoms with Crippen LogP contribution in [0.5, 0.6) is 0 Å². The average Bonchev–Trinajstić information content (AvgIpc) is 2.77. The summed E-state index contributed by atoms with van der Waals surface area (Å²) in [6.45, 7) is 1.74. The van der Waals surface area contributed by atoms with Gasteiger partial charge in [0.25, 0.3) is 0 Å². The number of hydrogen-bond donors (Lipinski definition) is 2. The third-order valence-electron chi connectivity index (χ3n) is 2.25. The molecule has 2 N–H and O–H groups in total. The van der Waals surface area contributed by atoms with Crippen molar-refractivity contribution in [2.24, 2.45) is 0 Å². The van der Waals surface area contributed by atoms with Gasteiger partial charge >= 0.3 is 6.03 Å². The number of hydrogen-bond acceptors (Lipinski definition) is 3. The number of halogens is 1. The molecule has 2 rings (SSSR count). The van der Waals surface area contributed by atoms with Gasteiger partial charge in [0.2, 0.25) is 0 Å². The van der Waals surface area contributed by atoms with Crippen molar-refractivity contribution < 1.29 is 9.32 Å². The maximum absolute atomic E-state index is 11.5. The maximum Gasteiger partial charge on any atom is 0.324 e. The monoisotopic (exact) mass is 277 g/mol. The molecule has 1 aromatic heterocycles. The molecule has 0 spiro atoms. The molecule has 0 radical (unpaired) electrons. The van der Waals surface area contributed by atoms with E-state index in [0.29, 0.717) is 16.6 Å². The lowest BCUT2D eigenvalue weighted by molar-refractivity contribution is 0.255. The zero-order chi connectivity index (χ0) is 13.7. The standard InChI is InChI=1S/C13H12ClN3O2/c1-9-8-12(17-19-9)16-13(18)15-7-6-10-4-2-3-5-11(10)14/h2-8H,1H3,(H2,15,16,17,18)/b7-6+. The highest BCUT2D eigenvalue weighted by Gasteiger charge is 2.03. The summed E-state index contributed by atoms with van der Waals surface area (Å²) in [5, 5.41) is 9.33. The fourth-order valence-electron chi connectivity index (χ4n) is 1.40. The summed E-state index contributed by atoms with van der Waals surface area (Å²) in [5.41, 5.74) is 0.821. The van der Waals surface area contributed by atoms with E-state index in [9.17, 15) is 4.79 Å². The van der Waals surface area contributed by atoms with Crippen molar-refractivity contribution in [1.82, 2.24) is 10.5 Å². The van der Waals surface area contributed by atoms with Crippen molar-refractivity contribution in [1.29, 1.82) is 0 Å². The molecule has 0 aliphatic rings. The Bertz CT molecular complexity index is 607. The second-order valence-electron chi connectivity index (χ2n) is 3.78. The van der Waals surface area contributed by atoms with Gasteiger partial charge in [0, 0.05) is 17.3 Å². The Hall–Kier alpha value is -2.27. The Labute approximate surface area is 115 Å². The third kappa shape index (κ3) is 3.86. The second-order valence-corrected chi connectivity index (χ2v) is 4.18. The predicted molar refractivity (Wildman–Crippen MR) is 73.9 cm³/mol. The fourth-order valence-corrected chi connectivity index (χ4v) is 1.59. The van der Waals surface area contributed by atoms with E-state index < -0.39 is 6.03 Å². The zero-order valence-corrected chi connectivity index (χ0v) is 10.9. The van der Waals surface area contributed by atoms with Gasteiger partial charge in [-0.15, -0.1) is 0 Å². The van der Waals surface area contributed by atoms with Crippen LogP contribution in [0.4, 0.5) is 10.6 Å². The lowest BCUT2D eigenvalue weighted by Crippen LogP contribution is -2.23. The van der Waals surface area contributed by atoms with Gasteiger partial charge in [-0.1, -0.05) is 35.0 Å². The summed E-state index contributed by atoms with van der Waals surface area (Å²) < 4.78 is 4.83. The summed E-state index contributed by atoms with van der Waals surface area (Å²) in [7, 11) is 0. The molecule has 0 saturated carbocycles. The number of urea groups is 1. The van der Waals surface area contributed by atoms with E-state index in [0.717, 1.165) is 5.56 Å². The highest BCUT2D eigenvalue weighted by atomic mass is 35.5. The quantitative estimate of drug-likeness (QED) is 0.903. The zero-order valence-electron chi connectivity index (χ0n) is 10.2. The summed E-state index contributed by atoms with van der Waals surface area (Å²) in [6.07, 6.45) is 3.21. The summed E-state index contributed by atoms with van der Waals surface area (Å²) in [5.74, 6) is 0.989. The highest BCUT2D eigenvalue weighted by Crippen LogP contribution is 2.15. The number of carbonyl (C=O) groups excluding carboxylic acids is 1. The Morgan fingerprint density at radius 3 is 2.89 bits per heavy atom. The smallest absolute Gasteiger partial charge is 0.324 e. The number of anilines is 1. The largest absolute Gasteiger partial charge is 0.360 e. The van der Waals surface area contributed by atoms with Crippen molar-refractivity contribution in [2.45, 2.75) is 6.92 Å². The van der Waals surface area contributed by atoms with Crippen LogP contribution in [0.1, 0.15) is 11.3 Å². The number of amides is 2. The molecule has 2 amide bonds. The summed E-state index contributed by atoms with van der Waals surface area (Å²) in [6, 6.07) is 8.55. The Kier molecular flexibility index (Phi) is 4.20. The molecular weight excluding hydrogens is 266 g/mol. The van der Waals surface area contributed by atoms with Crippen molar-refractivity contribution in [3.8, 4) is 0 Å². The number of carbonyl (C=O) groups is 1. The Balaban J connectivity index is 1.88. The SMILES string of the molecule is Cc1cc(NC(=O)N/C=C/c2ccccc2Cl)no1. The van der Waals surface area contributed by atoms with E-state index in [1.54, 1.807) is 25.1 Å². The van der Waals surface area contributed by atoms with Crippen LogP contribution in [0.3, 0.4) is 0 Å². The molecule has 0 unspecified atom stereocenters. The van der Waals surface area contributed by atoms with Crippen LogP contribution < -0.4 is 10.6 Å². The minimum Gasteiger partial charge on any atom is -0.360 e. The highest BCUT2D eigenvalue weighted by molar-refractivity contribution is 6.32. The normalized spacial score (nSPS) is 10.6. The van der Waals surface area contributed by atoms with Gasteiger partial charge in [-0.3, -0.25) is 5.32 Å². The second kappa shape index (κ2) is 6.06. The van der Waals surface area contributed by atoms with Crippen molar-refractivity contribution in [3.05, 3.63) is 52.9 Å². The minimum absolute atomic E-state index is 0.362. The number of nitrogens with one attached hydrogen (secondary N) is 2. The topological polar surface area (TPSA) is 67.2 Å². The van der Waals surface area contributed by atoms with E-state index in [-0.39, 0.29) is 0 Å². The first-order valence-electron chi connectivity index (χ1n) is 5.57. The molecule has 0 aliphatic heterocycles. The van der Waals surface area contributed by atoms with Crippen molar-refractivity contribution in [3.63, 3.8) is 0 Å². The Morgan fingerprint density at radius 1 is 1.42 bits per heavy atom. The van der Waals surface area contributed by atoms with Gasteiger partial charge in [-0.25, -0.2) is 4.79 Å². The van der Waals surface area contributed by atoms with E-state index in [2.05, 4.69) is 15.8 Å². The maximum atomic E-state index is 11.5. The van der Waals surface area contributed by atoms with Crippen LogP contribution in [0.2, 0.25) is 5.02 Å². The molecular formula is C13H12ClN3O2. The van der Waals surface area contributed by atoms with Crippen LogP contribution in [-0.4, -0.2) is 11.2 Å². The first-order chi connectivity index (χ1) is 9.15. The third-order valence-corrected chi connectivity index (χ3v) is 2.60. The van der Waals surface area contributed by atoms with Gasteiger partial charge in [0.05, 0.1) is 0 Å². The van der Waals surface area contributed by atoms with Crippen LogP contribution in [-0.2, 0) is 0 Å². The first-order valence-corrected chi connectivity index (χ1v) is 5.95. The molecule has 6 heteroatoms. The van der Waals surface area contributed by atoms with E-state index >= 15 is 0 Å². The van der Waals surface area contributed by atoms with Crippen LogP contribution in [0, 0.1) is 6.92 Å². The van der Waals surface area contributed by atoms with E-state index in [1.807, 2.05) is 18.2 Å². The number of nitrogens with zero attached hydrogens (tertiary/aromatic N) is 1. The molecule has 0 atom stereocenters. The van der Waals surface area contributed by atoms with Crippen molar-refractivity contribution in [2.75, 3.05) is 5.32 Å². The minimum atomic E-state index is -0.406. The van der Waals surface area contributed by atoms with Gasteiger partial charge in [-0.2, -0.15) is 0 Å². The summed E-state index contributed by atoms with van der Waals surface area (Å²) in [4.78, 5) is 11.5. The fraction of sp³-hybridized carbons (Fsp3) is 0.0769. The molecule has 0 aliphatic carbocycles. The number of aromatic nitrogens is 1. The van der Waals surface area contributed by atoms with E-state index in [4.69, 9.17) is 16.1 Å². The van der Waals surface area contributed by atoms with Crippen molar-refractivity contribution >= 4 is 29.5 Å². The Morgan fingerprint density at radius 2 is 2.21 bits per heavy atom. The molecule has 19 heavy (non-hydrogen) atoms. The first kappa shape index (κ1) is 13.2. The van der Waals surface area contributed by atoms with Crippen LogP contribution in [0.25, 0.3) is 6.08 Å². The molecule has 1 heterocycles. The van der Waals surface area contributed by atoms with Gasteiger partial charge < -0.3 is 9.84 Å². The molecule has 1 aromatic carbocycles. The lowest BCUT2D eigenvalue weighted by atomic mass is 10.2. The number of benzene rings is 1. The molecule has 5 nitrogen and oxygen atoms in total. The van der Waals surface area contributed by atoms with E-state index in [1.165, 1.54) is 6.20 Å². The van der Waals surface area contributed by atoms with Gasteiger partial charge in [-0.05, 0) is 24.6 Å². The van der Waals surface area contributed by atoms with Crippen LogP contribution in [0.15, 0.2) is 41.1 Å². The molecule has 2 aromatic rings. The predicted octanol–water partition coefficient (Wildman–Crippen LogP) is 3.43.